The van der Waals surface area contributed by atoms with Crippen molar-refractivity contribution in [1.29, 1.82) is 0 Å². The van der Waals surface area contributed by atoms with Gasteiger partial charge in [0.15, 0.2) is 0 Å². The van der Waals surface area contributed by atoms with Gasteiger partial charge in [0.25, 0.3) is 0 Å². The van der Waals surface area contributed by atoms with Gasteiger partial charge in [0.2, 0.25) is 0 Å². The van der Waals surface area contributed by atoms with Crippen LogP contribution in [-0.4, -0.2) is 18.3 Å². The first-order chi connectivity index (χ1) is 8.78. The number of fused-ring (bicyclic) bond motifs is 1. The number of benzene rings is 1. The van der Waals surface area contributed by atoms with E-state index in [4.69, 9.17) is 9.31 Å². The predicted molar refractivity (Wildman–Crippen MR) is 82.3 cm³/mol. The molecule has 0 radical (unpaired) electrons. The largest absolute Gasteiger partial charge is 0.494 e. The highest BCUT2D eigenvalue weighted by molar-refractivity contribution is 7.19. The summed E-state index contributed by atoms with van der Waals surface area (Å²) < 4.78 is 13.5. The number of hydrogen-bond donors (Lipinski definition) is 0. The minimum Gasteiger partial charge on any atom is -0.399 e. The molecule has 2 aromatic rings. The smallest absolute Gasteiger partial charge is 0.399 e. The van der Waals surface area contributed by atoms with Crippen molar-refractivity contribution in [3.63, 3.8) is 0 Å². The van der Waals surface area contributed by atoms with Crippen molar-refractivity contribution in [2.45, 2.75) is 45.8 Å². The molecule has 0 N–H and O–H groups in total. The first-order valence-corrected chi connectivity index (χ1v) is 7.46. The molecule has 4 heteroatoms. The van der Waals surface area contributed by atoms with E-state index in [2.05, 4.69) is 58.9 Å². The van der Waals surface area contributed by atoms with Crippen LogP contribution < -0.4 is 5.46 Å². The van der Waals surface area contributed by atoms with Gasteiger partial charge < -0.3 is 9.31 Å². The minimum absolute atomic E-state index is 0.267. The van der Waals surface area contributed by atoms with Crippen LogP contribution in [0.2, 0.25) is 0 Å². The number of hydrogen-bond acceptors (Lipinski definition) is 3. The molecular weight excluding hydrogens is 255 g/mol. The van der Waals surface area contributed by atoms with Gasteiger partial charge in [0.1, 0.15) is 0 Å². The van der Waals surface area contributed by atoms with Crippen LogP contribution in [0.15, 0.2) is 24.3 Å². The summed E-state index contributed by atoms with van der Waals surface area (Å²) in [4.78, 5) is 1.33. The van der Waals surface area contributed by atoms with Crippen LogP contribution in [-0.2, 0) is 9.31 Å². The SMILES string of the molecule is Cc1cc2ccc(B3OC(C)(C)C(C)(C)O3)cc2s1. The van der Waals surface area contributed by atoms with Crippen molar-refractivity contribution in [3.8, 4) is 0 Å². The fraction of sp³-hybridized carbons (Fsp3) is 0.467. The Labute approximate surface area is 118 Å². The molecule has 3 rings (SSSR count). The molecule has 1 fully saturated rings. The van der Waals surface area contributed by atoms with Crippen LogP contribution in [0.4, 0.5) is 0 Å². The molecule has 0 spiro atoms. The maximum atomic E-state index is 6.09. The summed E-state index contributed by atoms with van der Waals surface area (Å²) in [6.07, 6.45) is 0. The Bertz CT molecular complexity index is 614. The molecular formula is C15H19BO2S. The van der Waals surface area contributed by atoms with E-state index in [1.807, 2.05) is 11.3 Å². The number of rotatable bonds is 1. The second kappa shape index (κ2) is 4.08. The van der Waals surface area contributed by atoms with Crippen molar-refractivity contribution in [2.24, 2.45) is 0 Å². The fourth-order valence-electron chi connectivity index (χ4n) is 2.31. The van der Waals surface area contributed by atoms with Crippen LogP contribution in [0, 0.1) is 6.92 Å². The summed E-state index contributed by atoms with van der Waals surface area (Å²) in [5, 5.41) is 1.29. The van der Waals surface area contributed by atoms with E-state index in [0.29, 0.717) is 0 Å². The molecule has 0 unspecified atom stereocenters. The third-order valence-electron chi connectivity index (χ3n) is 4.19. The first-order valence-electron chi connectivity index (χ1n) is 6.64. The van der Waals surface area contributed by atoms with Crippen molar-refractivity contribution >= 4 is 34.0 Å². The summed E-state index contributed by atoms with van der Waals surface area (Å²) in [7, 11) is -0.267. The highest BCUT2D eigenvalue weighted by Crippen LogP contribution is 2.36. The zero-order valence-corrected chi connectivity index (χ0v) is 12.9. The quantitative estimate of drug-likeness (QED) is 0.741. The van der Waals surface area contributed by atoms with Gasteiger partial charge in [-0.15, -0.1) is 11.3 Å². The third-order valence-corrected chi connectivity index (χ3v) is 5.21. The Kier molecular flexibility index (Phi) is 2.82. The summed E-state index contributed by atoms with van der Waals surface area (Å²) in [6, 6.07) is 8.67. The molecule has 2 nitrogen and oxygen atoms in total. The van der Waals surface area contributed by atoms with Gasteiger partial charge in [0, 0.05) is 9.58 Å². The molecule has 0 saturated carbocycles. The van der Waals surface area contributed by atoms with E-state index >= 15 is 0 Å². The summed E-state index contributed by atoms with van der Waals surface area (Å²) in [6.45, 7) is 10.5. The standard InChI is InChI=1S/C15H19BO2S/c1-10-8-11-6-7-12(9-13(11)19-10)16-17-14(2,3)15(4,5)18-16/h6-9H,1-5H3. The lowest BCUT2D eigenvalue weighted by atomic mass is 9.79. The molecule has 2 heterocycles. The lowest BCUT2D eigenvalue weighted by molar-refractivity contribution is 0.00578. The van der Waals surface area contributed by atoms with Gasteiger partial charge in [-0.2, -0.15) is 0 Å². The highest BCUT2D eigenvalue weighted by atomic mass is 32.1. The zero-order chi connectivity index (χ0) is 13.8. The third kappa shape index (κ3) is 2.12. The van der Waals surface area contributed by atoms with Gasteiger partial charge in [0.05, 0.1) is 11.2 Å². The Balaban J connectivity index is 1.97. The van der Waals surface area contributed by atoms with Crippen LogP contribution in [0.5, 0.6) is 0 Å². The summed E-state index contributed by atoms with van der Waals surface area (Å²) in [5.74, 6) is 0. The molecule has 0 aliphatic carbocycles. The van der Waals surface area contributed by atoms with E-state index in [9.17, 15) is 0 Å². The Morgan fingerprint density at radius 2 is 1.63 bits per heavy atom. The number of thiophene rings is 1. The van der Waals surface area contributed by atoms with Gasteiger partial charge in [-0.05, 0) is 57.6 Å². The summed E-state index contributed by atoms with van der Waals surface area (Å²) >= 11 is 1.81. The average Bonchev–Trinajstić information content (AvgIpc) is 2.74. The van der Waals surface area contributed by atoms with Crippen LogP contribution >= 0.6 is 11.3 Å². The van der Waals surface area contributed by atoms with E-state index in [1.54, 1.807) is 0 Å². The molecule has 0 atom stereocenters. The van der Waals surface area contributed by atoms with Crippen LogP contribution in [0.25, 0.3) is 10.1 Å². The van der Waals surface area contributed by atoms with E-state index in [-0.39, 0.29) is 18.3 Å². The molecule has 0 amide bonds. The Morgan fingerprint density at radius 1 is 1.00 bits per heavy atom. The monoisotopic (exact) mass is 274 g/mol. The molecule has 1 aliphatic heterocycles. The Hall–Kier alpha value is -0.835. The average molecular weight is 274 g/mol. The maximum absolute atomic E-state index is 6.09. The van der Waals surface area contributed by atoms with Gasteiger partial charge in [-0.1, -0.05) is 12.1 Å². The molecule has 0 bridgehead atoms. The Morgan fingerprint density at radius 3 is 2.26 bits per heavy atom. The molecule has 1 saturated heterocycles. The molecule has 1 aromatic heterocycles. The minimum atomic E-state index is -0.280. The summed E-state index contributed by atoms with van der Waals surface area (Å²) in [5.41, 5.74) is 0.545. The predicted octanol–water partition coefficient (Wildman–Crippen LogP) is 3.51. The molecule has 1 aliphatic rings. The van der Waals surface area contributed by atoms with Crippen LogP contribution in [0.3, 0.4) is 0 Å². The second-order valence-electron chi connectivity index (χ2n) is 6.24. The molecule has 1 aromatic carbocycles. The maximum Gasteiger partial charge on any atom is 0.494 e. The molecule has 19 heavy (non-hydrogen) atoms. The van der Waals surface area contributed by atoms with E-state index in [0.717, 1.165) is 5.46 Å². The van der Waals surface area contributed by atoms with E-state index in [1.165, 1.54) is 15.0 Å². The van der Waals surface area contributed by atoms with Crippen molar-refractivity contribution in [1.82, 2.24) is 0 Å². The highest BCUT2D eigenvalue weighted by Gasteiger charge is 2.51. The fourth-order valence-corrected chi connectivity index (χ4v) is 3.28. The van der Waals surface area contributed by atoms with Crippen LogP contribution in [0.1, 0.15) is 32.6 Å². The number of aryl methyl sites for hydroxylation is 1. The lowest BCUT2D eigenvalue weighted by Crippen LogP contribution is -2.41. The van der Waals surface area contributed by atoms with Gasteiger partial charge in [-0.25, -0.2) is 0 Å². The molecule has 100 valence electrons. The van der Waals surface area contributed by atoms with Crippen molar-refractivity contribution < 1.29 is 9.31 Å². The van der Waals surface area contributed by atoms with Crippen molar-refractivity contribution in [3.05, 3.63) is 29.1 Å². The van der Waals surface area contributed by atoms with E-state index < -0.39 is 0 Å². The zero-order valence-electron chi connectivity index (χ0n) is 12.1. The second-order valence-corrected chi connectivity index (χ2v) is 7.53. The lowest BCUT2D eigenvalue weighted by Gasteiger charge is -2.32. The van der Waals surface area contributed by atoms with Gasteiger partial charge in [-0.3, -0.25) is 0 Å². The first kappa shape index (κ1) is 13.2. The van der Waals surface area contributed by atoms with Crippen molar-refractivity contribution in [2.75, 3.05) is 0 Å². The van der Waals surface area contributed by atoms with Gasteiger partial charge >= 0.3 is 7.12 Å². The topological polar surface area (TPSA) is 18.5 Å². The normalized spacial score (nSPS) is 21.2.